The summed E-state index contributed by atoms with van der Waals surface area (Å²) in [4.78, 5) is 0. The number of aromatic nitrogens is 3. The highest BCUT2D eigenvalue weighted by Gasteiger charge is 2.41. The molecule has 4 heteroatoms. The Morgan fingerprint density at radius 3 is 1.26 bits per heavy atom. The molecule has 3 heterocycles. The molecule has 0 amide bonds. The van der Waals surface area contributed by atoms with Crippen LogP contribution in [0.25, 0.3) is 93.6 Å². The largest absolute Gasteiger partial charge is 0.309 e. The summed E-state index contributed by atoms with van der Waals surface area (Å²) in [6.45, 7) is 0. The Kier molecular flexibility index (Phi) is 9.23. The highest BCUT2D eigenvalue weighted by atomic mass is 28.3. The first-order valence-corrected chi connectivity index (χ1v) is 26.2. The molecule has 0 radical (unpaired) electrons. The van der Waals surface area contributed by atoms with E-state index in [1.807, 2.05) is 0 Å². The van der Waals surface area contributed by atoms with Crippen LogP contribution >= 0.6 is 0 Å². The molecule has 0 spiro atoms. The molecule has 3 nitrogen and oxygen atoms in total. The van der Waals surface area contributed by atoms with Gasteiger partial charge in [0.05, 0.1) is 38.8 Å². The van der Waals surface area contributed by atoms with Gasteiger partial charge in [0.25, 0.3) is 0 Å². The van der Waals surface area contributed by atoms with Gasteiger partial charge in [-0.05, 0) is 105 Å². The summed E-state index contributed by atoms with van der Waals surface area (Å²) in [6, 6.07) is 101. The molecular formula is C66H45N3Si. The molecule has 0 aliphatic heterocycles. The maximum Gasteiger partial charge on any atom is 0.179 e. The Hall–Kier alpha value is -8.96. The minimum atomic E-state index is -2.68. The van der Waals surface area contributed by atoms with Crippen molar-refractivity contribution in [1.29, 1.82) is 0 Å². The van der Waals surface area contributed by atoms with Crippen molar-refractivity contribution in [2.75, 3.05) is 0 Å². The number of nitrogens with zero attached hydrogens (tertiary/aromatic N) is 3. The Bertz CT molecular complexity index is 4170. The summed E-state index contributed by atoms with van der Waals surface area (Å²) < 4.78 is 7.40. The van der Waals surface area contributed by atoms with E-state index in [0.29, 0.717) is 0 Å². The number of fused-ring (bicyclic) bond motifs is 9. The maximum absolute atomic E-state index is 2.68. The second kappa shape index (κ2) is 16.1. The fourth-order valence-electron chi connectivity index (χ4n) is 11.8. The minimum absolute atomic E-state index is 1.13. The molecule has 14 rings (SSSR count). The van der Waals surface area contributed by atoms with Crippen molar-refractivity contribution in [2.45, 2.75) is 0 Å². The van der Waals surface area contributed by atoms with Gasteiger partial charge < -0.3 is 13.7 Å². The van der Waals surface area contributed by atoms with Gasteiger partial charge >= 0.3 is 0 Å². The first kappa shape index (κ1) is 40.1. The van der Waals surface area contributed by atoms with Crippen LogP contribution in [-0.2, 0) is 0 Å². The van der Waals surface area contributed by atoms with Gasteiger partial charge in [0.1, 0.15) is 0 Å². The first-order valence-electron chi connectivity index (χ1n) is 24.2. The number of hydrogen-bond acceptors (Lipinski definition) is 0. The highest BCUT2D eigenvalue weighted by molar-refractivity contribution is 7.19. The van der Waals surface area contributed by atoms with Crippen molar-refractivity contribution in [3.63, 3.8) is 0 Å². The molecule has 0 aliphatic carbocycles. The fourth-order valence-corrected chi connectivity index (χ4v) is 16.6. The third-order valence-corrected chi connectivity index (χ3v) is 19.6. The van der Waals surface area contributed by atoms with E-state index in [-0.39, 0.29) is 0 Å². The van der Waals surface area contributed by atoms with Crippen molar-refractivity contribution >= 4 is 94.2 Å². The van der Waals surface area contributed by atoms with Gasteiger partial charge in [-0.25, -0.2) is 0 Å². The van der Waals surface area contributed by atoms with Gasteiger partial charge in [-0.3, -0.25) is 0 Å². The topological polar surface area (TPSA) is 14.8 Å². The number of rotatable bonds is 8. The van der Waals surface area contributed by atoms with Crippen LogP contribution in [0.1, 0.15) is 0 Å². The Morgan fingerprint density at radius 1 is 0.229 bits per heavy atom. The number of benzene rings is 11. The molecule has 0 atom stereocenters. The number of hydrogen-bond donors (Lipinski definition) is 0. The molecule has 14 aromatic rings. The Labute approximate surface area is 407 Å². The lowest BCUT2D eigenvalue weighted by molar-refractivity contribution is 1.16. The Balaban J connectivity index is 0.941. The van der Waals surface area contributed by atoms with Gasteiger partial charge in [-0.15, -0.1) is 0 Å². The third-order valence-electron chi connectivity index (χ3n) is 14.8. The molecule has 0 bridgehead atoms. The average molecular weight is 908 g/mol. The molecular weight excluding hydrogens is 863 g/mol. The lowest BCUT2D eigenvalue weighted by Crippen LogP contribution is -2.74. The lowest BCUT2D eigenvalue weighted by Gasteiger charge is -2.34. The van der Waals surface area contributed by atoms with Crippen molar-refractivity contribution in [3.05, 3.63) is 273 Å². The van der Waals surface area contributed by atoms with E-state index in [1.54, 1.807) is 0 Å². The average Bonchev–Trinajstić information content (AvgIpc) is 4.08. The van der Waals surface area contributed by atoms with Crippen LogP contribution in [0.5, 0.6) is 0 Å². The van der Waals surface area contributed by atoms with Crippen molar-refractivity contribution in [1.82, 2.24) is 13.7 Å². The zero-order valence-corrected chi connectivity index (χ0v) is 39.3. The number of para-hydroxylation sites is 3. The van der Waals surface area contributed by atoms with Gasteiger partial charge in [-0.2, -0.15) is 0 Å². The minimum Gasteiger partial charge on any atom is -0.309 e. The van der Waals surface area contributed by atoms with Crippen LogP contribution in [0, 0.1) is 0 Å². The predicted molar refractivity (Wildman–Crippen MR) is 299 cm³/mol. The molecule has 0 aliphatic rings. The quantitative estimate of drug-likeness (QED) is 0.107. The van der Waals surface area contributed by atoms with E-state index in [4.69, 9.17) is 0 Å². The molecule has 70 heavy (non-hydrogen) atoms. The van der Waals surface area contributed by atoms with E-state index in [9.17, 15) is 0 Å². The monoisotopic (exact) mass is 907 g/mol. The molecule has 3 aromatic heterocycles. The Morgan fingerprint density at radius 2 is 0.643 bits per heavy atom. The summed E-state index contributed by atoms with van der Waals surface area (Å²) in [5.41, 5.74) is 13.0. The molecule has 0 unspecified atom stereocenters. The van der Waals surface area contributed by atoms with Crippen LogP contribution < -0.4 is 20.7 Å². The zero-order valence-electron chi connectivity index (χ0n) is 38.3. The van der Waals surface area contributed by atoms with Crippen LogP contribution in [0.15, 0.2) is 273 Å². The van der Waals surface area contributed by atoms with Gasteiger partial charge in [0.15, 0.2) is 8.07 Å². The molecule has 0 saturated carbocycles. The van der Waals surface area contributed by atoms with Crippen molar-refractivity contribution < 1.29 is 0 Å². The van der Waals surface area contributed by atoms with Crippen LogP contribution in [0.3, 0.4) is 0 Å². The lowest BCUT2D eigenvalue weighted by atomic mass is 10.0. The van der Waals surface area contributed by atoms with Gasteiger partial charge in [0.2, 0.25) is 0 Å². The predicted octanol–water partition coefficient (Wildman–Crippen LogP) is 14.0. The van der Waals surface area contributed by atoms with E-state index in [1.165, 1.54) is 103 Å². The summed E-state index contributed by atoms with van der Waals surface area (Å²) in [5.74, 6) is 0. The van der Waals surface area contributed by atoms with E-state index >= 15 is 0 Å². The van der Waals surface area contributed by atoms with E-state index in [2.05, 4.69) is 287 Å². The fraction of sp³-hybridized carbons (Fsp3) is 0. The summed E-state index contributed by atoms with van der Waals surface area (Å²) in [7, 11) is -2.68. The van der Waals surface area contributed by atoms with Gasteiger partial charge in [0, 0.05) is 43.7 Å². The zero-order chi connectivity index (χ0) is 46.2. The second-order valence-corrected chi connectivity index (χ2v) is 22.2. The van der Waals surface area contributed by atoms with E-state index in [0.717, 1.165) is 11.4 Å². The summed E-state index contributed by atoms with van der Waals surface area (Å²) in [5, 5.41) is 12.9. The smallest absolute Gasteiger partial charge is 0.179 e. The second-order valence-electron chi connectivity index (χ2n) is 18.4. The normalized spacial score (nSPS) is 12.0. The third kappa shape index (κ3) is 6.00. The molecule has 0 N–H and O–H groups in total. The van der Waals surface area contributed by atoms with Crippen LogP contribution in [-0.4, -0.2) is 21.8 Å². The standard InChI is InChI=1S/C66H45N3Si/c1-5-20-46(21-6-1)47-36-42-63-57(44-47)54-28-14-17-32-60(54)69(63)65-35-19-34-64-66(65)56-30-15-18-33-61(56)68(64)49-39-43-62-58(45-49)55-29-13-16-31-59(55)67(62)48-37-40-53(41-38-48)70(50-22-7-2-8-23-50,51-24-9-3-10-25-51)52-26-11-4-12-27-52/h1-45H. The molecule has 0 fully saturated rings. The van der Waals surface area contributed by atoms with Crippen LogP contribution in [0.4, 0.5) is 0 Å². The maximum atomic E-state index is 2.48. The first-order chi connectivity index (χ1) is 34.8. The van der Waals surface area contributed by atoms with Crippen molar-refractivity contribution in [3.8, 4) is 28.2 Å². The molecule has 328 valence electrons. The summed E-state index contributed by atoms with van der Waals surface area (Å²) in [6.07, 6.45) is 0. The SMILES string of the molecule is c1ccc(-c2ccc3c(c2)c2ccccc2n3-c2cccc3c2c2ccccc2n3-c2ccc3c(c2)c2ccccc2n3-c2ccc([Si](c3ccccc3)(c3ccccc3)c3ccccc3)cc2)cc1. The van der Waals surface area contributed by atoms with E-state index < -0.39 is 8.07 Å². The molecule has 0 saturated heterocycles. The van der Waals surface area contributed by atoms with Gasteiger partial charge in [-0.1, -0.05) is 200 Å². The summed E-state index contributed by atoms with van der Waals surface area (Å²) >= 11 is 0. The molecule has 11 aromatic carbocycles. The van der Waals surface area contributed by atoms with Crippen LogP contribution in [0.2, 0.25) is 0 Å². The van der Waals surface area contributed by atoms with Crippen molar-refractivity contribution in [2.24, 2.45) is 0 Å². The highest BCUT2D eigenvalue weighted by Crippen LogP contribution is 2.42.